The molecule has 0 fully saturated rings. The van der Waals surface area contributed by atoms with Gasteiger partial charge in [-0.2, -0.15) is 11.3 Å². The van der Waals surface area contributed by atoms with Gasteiger partial charge in [-0.25, -0.2) is 0 Å². The molecule has 0 aliphatic carbocycles. The number of hydrogen-bond donors (Lipinski definition) is 1. The molecule has 3 atom stereocenters. The lowest BCUT2D eigenvalue weighted by Crippen LogP contribution is -2.43. The summed E-state index contributed by atoms with van der Waals surface area (Å²) < 4.78 is 0. The van der Waals surface area contributed by atoms with E-state index in [2.05, 4.69) is 60.1 Å². The third-order valence-electron chi connectivity index (χ3n) is 3.97. The van der Waals surface area contributed by atoms with Crippen molar-refractivity contribution in [2.45, 2.75) is 44.8 Å². The number of thiophene rings is 2. The van der Waals surface area contributed by atoms with Gasteiger partial charge in [-0.3, -0.25) is 4.90 Å². The Hall–Kier alpha value is -0.680. The largest absolute Gasteiger partial charge is 0.326 e. The highest BCUT2D eigenvalue weighted by molar-refractivity contribution is 7.09. The lowest BCUT2D eigenvalue weighted by molar-refractivity contribution is 0.158. The predicted octanol–water partition coefficient (Wildman–Crippen LogP) is 4.15. The maximum atomic E-state index is 6.39. The molecule has 2 aromatic rings. The number of likely N-dealkylation sites (N-methyl/N-ethyl adjacent to an activating group) is 1. The van der Waals surface area contributed by atoms with Gasteiger partial charge in [-0.15, -0.1) is 11.3 Å². The quantitative estimate of drug-likeness (QED) is 0.832. The number of nitrogens with zero attached hydrogens (tertiary/aromatic N) is 1. The molecule has 4 heteroatoms. The van der Waals surface area contributed by atoms with Gasteiger partial charge in [0.15, 0.2) is 0 Å². The molecule has 2 rings (SSSR count). The molecule has 2 N–H and O–H groups in total. The van der Waals surface area contributed by atoms with E-state index in [0.29, 0.717) is 12.1 Å². The zero-order valence-corrected chi connectivity index (χ0v) is 14.1. The van der Waals surface area contributed by atoms with Crippen LogP contribution in [-0.2, 0) is 6.42 Å². The lowest BCUT2D eigenvalue weighted by Gasteiger charge is -2.36. The molecule has 2 aromatic heterocycles. The minimum Gasteiger partial charge on any atom is -0.326 e. The first kappa shape index (κ1) is 15.7. The average Bonchev–Trinajstić information content (AvgIpc) is 3.11. The fourth-order valence-corrected chi connectivity index (χ4v) is 4.10. The normalized spacial score (nSPS) is 16.2. The van der Waals surface area contributed by atoms with Crippen LogP contribution in [0.3, 0.4) is 0 Å². The van der Waals surface area contributed by atoms with Crippen molar-refractivity contribution >= 4 is 22.7 Å². The molecular formula is C16H24N2S2. The zero-order valence-electron chi connectivity index (χ0n) is 12.5. The second-order valence-electron chi connectivity index (χ2n) is 5.37. The van der Waals surface area contributed by atoms with Gasteiger partial charge >= 0.3 is 0 Å². The topological polar surface area (TPSA) is 29.3 Å². The van der Waals surface area contributed by atoms with Crippen LogP contribution >= 0.6 is 22.7 Å². The maximum Gasteiger partial charge on any atom is 0.0507 e. The van der Waals surface area contributed by atoms with Gasteiger partial charge in [0.2, 0.25) is 0 Å². The Kier molecular flexibility index (Phi) is 5.78. The highest BCUT2D eigenvalue weighted by Crippen LogP contribution is 2.28. The summed E-state index contributed by atoms with van der Waals surface area (Å²) in [6.45, 7) is 4.46. The van der Waals surface area contributed by atoms with Crippen molar-refractivity contribution in [3.63, 3.8) is 0 Å². The number of rotatable bonds is 7. The Morgan fingerprint density at radius 1 is 1.30 bits per heavy atom. The minimum atomic E-state index is 0.181. The summed E-state index contributed by atoms with van der Waals surface area (Å²) in [5.74, 6) is 0. The van der Waals surface area contributed by atoms with Crippen molar-refractivity contribution in [2.75, 3.05) is 7.05 Å². The van der Waals surface area contributed by atoms with Gasteiger partial charge < -0.3 is 5.73 Å². The molecule has 0 saturated carbocycles. The van der Waals surface area contributed by atoms with Crippen LogP contribution in [0, 0.1) is 0 Å². The smallest absolute Gasteiger partial charge is 0.0507 e. The third-order valence-corrected chi connectivity index (χ3v) is 5.57. The summed E-state index contributed by atoms with van der Waals surface area (Å²) in [5.41, 5.74) is 7.74. The predicted molar refractivity (Wildman–Crippen MR) is 90.6 cm³/mol. The molecule has 0 spiro atoms. The molecule has 110 valence electrons. The van der Waals surface area contributed by atoms with Crippen molar-refractivity contribution in [1.29, 1.82) is 0 Å². The molecule has 0 amide bonds. The van der Waals surface area contributed by atoms with E-state index in [1.165, 1.54) is 10.4 Å². The second kappa shape index (κ2) is 7.36. The highest BCUT2D eigenvalue weighted by atomic mass is 32.1. The third kappa shape index (κ3) is 3.70. The van der Waals surface area contributed by atoms with E-state index >= 15 is 0 Å². The molecule has 0 aliphatic heterocycles. The molecule has 20 heavy (non-hydrogen) atoms. The summed E-state index contributed by atoms with van der Waals surface area (Å²) in [7, 11) is 2.20. The molecule has 3 unspecified atom stereocenters. The monoisotopic (exact) mass is 308 g/mol. The van der Waals surface area contributed by atoms with Crippen LogP contribution in [0.25, 0.3) is 0 Å². The second-order valence-corrected chi connectivity index (χ2v) is 7.18. The van der Waals surface area contributed by atoms with E-state index in [1.807, 2.05) is 11.3 Å². The van der Waals surface area contributed by atoms with Crippen molar-refractivity contribution in [2.24, 2.45) is 5.73 Å². The molecule has 2 heterocycles. The molecule has 0 aliphatic rings. The van der Waals surface area contributed by atoms with Gasteiger partial charge in [0.25, 0.3) is 0 Å². The Labute approximate surface area is 130 Å². The van der Waals surface area contributed by atoms with Gasteiger partial charge in [-0.1, -0.05) is 13.0 Å². The van der Waals surface area contributed by atoms with Gasteiger partial charge in [0, 0.05) is 17.0 Å². The highest BCUT2D eigenvalue weighted by Gasteiger charge is 2.26. The average molecular weight is 309 g/mol. The van der Waals surface area contributed by atoms with E-state index in [0.717, 1.165) is 12.8 Å². The minimum absolute atomic E-state index is 0.181. The summed E-state index contributed by atoms with van der Waals surface area (Å²) in [5, 5.41) is 6.52. The fraction of sp³-hybridized carbons (Fsp3) is 0.500. The Morgan fingerprint density at radius 3 is 2.65 bits per heavy atom. The first-order valence-electron chi connectivity index (χ1n) is 7.15. The van der Waals surface area contributed by atoms with E-state index in [4.69, 9.17) is 5.73 Å². The Balaban J connectivity index is 2.11. The van der Waals surface area contributed by atoms with Crippen molar-refractivity contribution < 1.29 is 0 Å². The molecular weight excluding hydrogens is 284 g/mol. The van der Waals surface area contributed by atoms with Gasteiger partial charge in [0.1, 0.15) is 0 Å². The van der Waals surface area contributed by atoms with E-state index in [-0.39, 0.29) is 6.04 Å². The SMILES string of the molecule is CCC(N)C(c1ccsc1)N(C)C(C)Cc1cccs1. The number of hydrogen-bond acceptors (Lipinski definition) is 4. The van der Waals surface area contributed by atoms with Crippen LogP contribution in [0.5, 0.6) is 0 Å². The summed E-state index contributed by atoms with van der Waals surface area (Å²) >= 11 is 3.59. The molecule has 0 radical (unpaired) electrons. The summed E-state index contributed by atoms with van der Waals surface area (Å²) in [4.78, 5) is 3.88. The van der Waals surface area contributed by atoms with Gasteiger partial charge in [-0.05, 0) is 60.6 Å². The standard InChI is InChI=1S/C16H24N2S2/c1-4-15(17)16(13-7-9-19-11-13)18(3)12(2)10-14-6-5-8-20-14/h5-9,11-12,15-16H,4,10,17H2,1-3H3. The van der Waals surface area contributed by atoms with Crippen LogP contribution in [0.15, 0.2) is 34.3 Å². The van der Waals surface area contributed by atoms with Crippen molar-refractivity contribution in [3.05, 3.63) is 44.8 Å². The summed E-state index contributed by atoms with van der Waals surface area (Å²) in [6, 6.07) is 7.52. The zero-order chi connectivity index (χ0) is 14.5. The van der Waals surface area contributed by atoms with Crippen LogP contribution in [0.2, 0.25) is 0 Å². The van der Waals surface area contributed by atoms with Crippen LogP contribution in [0.4, 0.5) is 0 Å². The Morgan fingerprint density at radius 2 is 2.10 bits per heavy atom. The van der Waals surface area contributed by atoms with Crippen LogP contribution < -0.4 is 5.73 Å². The Bertz CT molecular complexity index is 479. The molecule has 0 bridgehead atoms. The van der Waals surface area contributed by atoms with Crippen LogP contribution in [0.1, 0.15) is 36.8 Å². The fourth-order valence-electron chi connectivity index (χ4n) is 2.59. The lowest BCUT2D eigenvalue weighted by atomic mass is 9.97. The van der Waals surface area contributed by atoms with E-state index in [1.54, 1.807) is 11.3 Å². The molecule has 0 saturated heterocycles. The maximum absolute atomic E-state index is 6.39. The molecule has 0 aromatic carbocycles. The van der Waals surface area contributed by atoms with Crippen molar-refractivity contribution in [1.82, 2.24) is 4.90 Å². The molecule has 2 nitrogen and oxygen atoms in total. The van der Waals surface area contributed by atoms with E-state index < -0.39 is 0 Å². The van der Waals surface area contributed by atoms with Crippen LogP contribution in [-0.4, -0.2) is 24.0 Å². The van der Waals surface area contributed by atoms with Gasteiger partial charge in [0.05, 0.1) is 6.04 Å². The van der Waals surface area contributed by atoms with Crippen molar-refractivity contribution in [3.8, 4) is 0 Å². The first-order chi connectivity index (χ1) is 9.63. The van der Waals surface area contributed by atoms with E-state index in [9.17, 15) is 0 Å². The summed E-state index contributed by atoms with van der Waals surface area (Å²) in [6.07, 6.45) is 2.09. The first-order valence-corrected chi connectivity index (χ1v) is 8.97. The number of nitrogens with two attached hydrogens (primary N) is 1.